The van der Waals surface area contributed by atoms with Crippen LogP contribution in [0.4, 0.5) is 0 Å². The molecule has 1 amide bonds. The van der Waals surface area contributed by atoms with E-state index in [-0.39, 0.29) is 5.76 Å². The Morgan fingerprint density at radius 2 is 1.45 bits per heavy atom. The van der Waals surface area contributed by atoms with Gasteiger partial charge in [0.1, 0.15) is 5.76 Å². The Hall–Kier alpha value is -3.34. The van der Waals surface area contributed by atoms with Crippen molar-refractivity contribution in [2.45, 2.75) is 47.1 Å². The standard InChI is InChI=1S/C26H29NO4/c1-15-16(2)18(4)22(19(5)17(15)3)14-21-12-13-23(31-21)25(28)27-24(26(29)30-6)20-10-8-7-9-11-20/h7-13,24H,14H2,1-6H3,(H,27,28)/t24-/m0/s1. The number of carbonyl (C=O) groups excluding carboxylic acids is 2. The zero-order valence-electron chi connectivity index (χ0n) is 19.0. The lowest BCUT2D eigenvalue weighted by Gasteiger charge is -2.18. The van der Waals surface area contributed by atoms with Gasteiger partial charge in [-0.05, 0) is 85.7 Å². The highest BCUT2D eigenvalue weighted by molar-refractivity contribution is 5.94. The number of esters is 1. The molecule has 0 aliphatic heterocycles. The van der Waals surface area contributed by atoms with Gasteiger partial charge in [-0.1, -0.05) is 30.3 Å². The molecule has 162 valence electrons. The molecule has 0 aliphatic carbocycles. The molecule has 1 N–H and O–H groups in total. The van der Waals surface area contributed by atoms with Gasteiger partial charge < -0.3 is 14.5 Å². The van der Waals surface area contributed by atoms with Crippen LogP contribution in [-0.4, -0.2) is 19.0 Å². The zero-order valence-corrected chi connectivity index (χ0v) is 19.0. The number of rotatable bonds is 6. The third-order valence-corrected chi connectivity index (χ3v) is 6.24. The predicted octanol–water partition coefficient (Wildman–Crippen LogP) is 5.06. The van der Waals surface area contributed by atoms with Gasteiger partial charge >= 0.3 is 5.97 Å². The number of hydrogen-bond acceptors (Lipinski definition) is 4. The molecule has 0 spiro atoms. The Kier molecular flexibility index (Phi) is 6.64. The van der Waals surface area contributed by atoms with Gasteiger partial charge in [-0.2, -0.15) is 0 Å². The Morgan fingerprint density at radius 3 is 2.03 bits per heavy atom. The number of benzene rings is 2. The fourth-order valence-electron chi connectivity index (χ4n) is 3.86. The second-order valence-corrected chi connectivity index (χ2v) is 7.89. The average Bonchev–Trinajstić information content (AvgIpc) is 3.26. The van der Waals surface area contributed by atoms with Crippen LogP contribution in [0.1, 0.15) is 61.3 Å². The van der Waals surface area contributed by atoms with E-state index in [0.717, 1.165) is 0 Å². The number of furan rings is 1. The first-order valence-corrected chi connectivity index (χ1v) is 10.3. The normalized spacial score (nSPS) is 11.8. The largest absolute Gasteiger partial charge is 0.467 e. The van der Waals surface area contributed by atoms with E-state index in [4.69, 9.17) is 9.15 Å². The summed E-state index contributed by atoms with van der Waals surface area (Å²) in [6, 6.07) is 11.5. The van der Waals surface area contributed by atoms with Crippen molar-refractivity contribution >= 4 is 11.9 Å². The lowest BCUT2D eigenvalue weighted by Crippen LogP contribution is -2.34. The first-order valence-electron chi connectivity index (χ1n) is 10.3. The van der Waals surface area contributed by atoms with E-state index in [2.05, 4.69) is 39.9 Å². The van der Waals surface area contributed by atoms with Gasteiger partial charge in [0.25, 0.3) is 5.91 Å². The molecule has 5 heteroatoms. The molecule has 3 rings (SSSR count). The molecule has 0 saturated carbocycles. The summed E-state index contributed by atoms with van der Waals surface area (Å²) in [5.74, 6) is -0.137. The molecule has 5 nitrogen and oxygen atoms in total. The van der Waals surface area contributed by atoms with Crippen molar-refractivity contribution in [1.29, 1.82) is 0 Å². The van der Waals surface area contributed by atoms with Crippen LogP contribution in [-0.2, 0) is 16.0 Å². The molecular weight excluding hydrogens is 390 g/mol. The quantitative estimate of drug-likeness (QED) is 0.567. The molecule has 3 aromatic rings. The van der Waals surface area contributed by atoms with Crippen LogP contribution >= 0.6 is 0 Å². The third-order valence-electron chi connectivity index (χ3n) is 6.24. The molecule has 0 saturated heterocycles. The summed E-state index contributed by atoms with van der Waals surface area (Å²) >= 11 is 0. The van der Waals surface area contributed by atoms with Crippen molar-refractivity contribution in [3.8, 4) is 0 Å². The molecule has 0 aliphatic rings. The molecule has 0 bridgehead atoms. The van der Waals surface area contributed by atoms with Gasteiger partial charge in [0.15, 0.2) is 11.8 Å². The van der Waals surface area contributed by atoms with Crippen LogP contribution in [0.15, 0.2) is 46.9 Å². The van der Waals surface area contributed by atoms with Crippen LogP contribution in [0.5, 0.6) is 0 Å². The van der Waals surface area contributed by atoms with Crippen LogP contribution in [0, 0.1) is 34.6 Å². The number of carbonyl (C=O) groups is 2. The van der Waals surface area contributed by atoms with Crippen molar-refractivity contribution < 1.29 is 18.7 Å². The fraction of sp³-hybridized carbons (Fsp3) is 0.308. The number of amides is 1. The van der Waals surface area contributed by atoms with Gasteiger partial charge in [0, 0.05) is 6.42 Å². The topological polar surface area (TPSA) is 68.5 Å². The number of methoxy groups -OCH3 is 1. The molecule has 1 heterocycles. The Bertz CT molecular complexity index is 1080. The van der Waals surface area contributed by atoms with E-state index in [1.165, 1.54) is 40.5 Å². The van der Waals surface area contributed by atoms with Crippen LogP contribution in [0.25, 0.3) is 0 Å². The first-order chi connectivity index (χ1) is 14.7. The van der Waals surface area contributed by atoms with E-state index in [1.807, 2.05) is 12.1 Å². The van der Waals surface area contributed by atoms with E-state index in [0.29, 0.717) is 17.7 Å². The molecule has 1 aromatic heterocycles. The second-order valence-electron chi connectivity index (χ2n) is 7.89. The third kappa shape index (κ3) is 4.55. The van der Waals surface area contributed by atoms with Gasteiger partial charge in [0.05, 0.1) is 7.11 Å². The monoisotopic (exact) mass is 419 g/mol. The van der Waals surface area contributed by atoms with Crippen LogP contribution < -0.4 is 5.32 Å². The molecule has 31 heavy (non-hydrogen) atoms. The summed E-state index contributed by atoms with van der Waals surface area (Å²) in [5.41, 5.74) is 8.24. The highest BCUT2D eigenvalue weighted by atomic mass is 16.5. The Labute approximate surface area is 183 Å². The van der Waals surface area contributed by atoms with E-state index < -0.39 is 17.9 Å². The van der Waals surface area contributed by atoms with Crippen molar-refractivity contribution in [2.24, 2.45) is 0 Å². The minimum absolute atomic E-state index is 0.163. The number of hydrogen-bond donors (Lipinski definition) is 1. The van der Waals surface area contributed by atoms with Gasteiger partial charge in [-0.25, -0.2) is 4.79 Å². The molecule has 1 atom stereocenters. The number of nitrogens with one attached hydrogen (secondary N) is 1. The van der Waals surface area contributed by atoms with Crippen molar-refractivity contribution in [3.63, 3.8) is 0 Å². The summed E-state index contributed by atoms with van der Waals surface area (Å²) in [7, 11) is 1.30. The SMILES string of the molecule is COC(=O)[C@@H](NC(=O)c1ccc(Cc2c(C)c(C)c(C)c(C)c2C)o1)c1ccccc1. The van der Waals surface area contributed by atoms with Gasteiger partial charge in [-0.15, -0.1) is 0 Å². The maximum atomic E-state index is 12.8. The van der Waals surface area contributed by atoms with Gasteiger partial charge in [0.2, 0.25) is 0 Å². The highest BCUT2D eigenvalue weighted by Crippen LogP contribution is 2.28. The minimum Gasteiger partial charge on any atom is -0.467 e. The van der Waals surface area contributed by atoms with E-state index in [9.17, 15) is 9.59 Å². The van der Waals surface area contributed by atoms with Crippen molar-refractivity contribution in [1.82, 2.24) is 5.32 Å². The van der Waals surface area contributed by atoms with Crippen LogP contribution in [0.2, 0.25) is 0 Å². The summed E-state index contributed by atoms with van der Waals surface area (Å²) in [6.45, 7) is 10.7. The average molecular weight is 420 g/mol. The summed E-state index contributed by atoms with van der Waals surface area (Å²) in [4.78, 5) is 25.0. The smallest absolute Gasteiger partial charge is 0.333 e. The van der Waals surface area contributed by atoms with Gasteiger partial charge in [-0.3, -0.25) is 4.79 Å². The number of ether oxygens (including phenoxy) is 1. The molecular formula is C26H29NO4. The van der Waals surface area contributed by atoms with Crippen molar-refractivity contribution in [2.75, 3.05) is 7.11 Å². The first kappa shape index (κ1) is 22.3. The lowest BCUT2D eigenvalue weighted by atomic mass is 9.88. The fourth-order valence-corrected chi connectivity index (χ4v) is 3.86. The summed E-state index contributed by atoms with van der Waals surface area (Å²) in [6.07, 6.45) is 0.603. The van der Waals surface area contributed by atoms with Crippen molar-refractivity contribution in [3.05, 3.63) is 92.9 Å². The van der Waals surface area contributed by atoms with E-state index >= 15 is 0 Å². The summed E-state index contributed by atoms with van der Waals surface area (Å²) < 4.78 is 10.7. The van der Waals surface area contributed by atoms with Crippen LogP contribution in [0.3, 0.4) is 0 Å². The second kappa shape index (κ2) is 9.21. The molecule has 0 radical (unpaired) electrons. The maximum absolute atomic E-state index is 12.8. The predicted molar refractivity (Wildman–Crippen MR) is 120 cm³/mol. The zero-order chi connectivity index (χ0) is 22.7. The summed E-state index contributed by atoms with van der Waals surface area (Å²) in [5, 5.41) is 2.72. The lowest BCUT2D eigenvalue weighted by molar-refractivity contribution is -0.143. The molecule has 2 aromatic carbocycles. The highest BCUT2D eigenvalue weighted by Gasteiger charge is 2.25. The maximum Gasteiger partial charge on any atom is 0.333 e. The minimum atomic E-state index is -0.904. The molecule has 0 fully saturated rings. The van der Waals surface area contributed by atoms with E-state index in [1.54, 1.807) is 30.3 Å². The molecule has 0 unspecified atom stereocenters. The Balaban J connectivity index is 1.82. The Morgan fingerprint density at radius 1 is 0.871 bits per heavy atom.